The van der Waals surface area contributed by atoms with Gasteiger partial charge in [0.25, 0.3) is 0 Å². The molecule has 2 aromatic rings. The van der Waals surface area contributed by atoms with Crippen LogP contribution < -0.4 is 5.32 Å². The summed E-state index contributed by atoms with van der Waals surface area (Å²) in [7, 11) is 0. The molecular weight excluding hydrogens is 316 g/mol. The van der Waals surface area contributed by atoms with Crippen LogP contribution in [0, 0.1) is 13.8 Å². The molecule has 1 saturated heterocycles. The zero-order chi connectivity index (χ0) is 16.9. The predicted molar refractivity (Wildman–Crippen MR) is 103 cm³/mol. The van der Waals surface area contributed by atoms with Gasteiger partial charge in [0.1, 0.15) is 0 Å². The summed E-state index contributed by atoms with van der Waals surface area (Å²) >= 11 is 5.58. The first-order chi connectivity index (χ1) is 11.6. The second-order valence-corrected chi connectivity index (χ2v) is 6.70. The maximum atomic E-state index is 5.58. The maximum Gasteiger partial charge on any atom is 0.173 e. The number of aromatic nitrogens is 1. The van der Waals surface area contributed by atoms with Crippen LogP contribution in [0.1, 0.15) is 16.8 Å². The van der Waals surface area contributed by atoms with Gasteiger partial charge < -0.3 is 10.2 Å². The molecule has 1 fully saturated rings. The van der Waals surface area contributed by atoms with Gasteiger partial charge in [-0.1, -0.05) is 12.1 Å². The first kappa shape index (κ1) is 16.9. The van der Waals surface area contributed by atoms with Crippen LogP contribution in [0.3, 0.4) is 0 Å². The summed E-state index contributed by atoms with van der Waals surface area (Å²) in [5.41, 5.74) is 4.78. The fourth-order valence-electron chi connectivity index (χ4n) is 2.85. The fourth-order valence-corrected chi connectivity index (χ4v) is 3.15. The van der Waals surface area contributed by atoms with Crippen LogP contribution in [0.5, 0.6) is 0 Å². The Labute approximate surface area is 149 Å². The SMILES string of the molecule is Cc1ccc(NC(=S)N2CCN(Cc3ccccn3)CC2)cc1C. The molecule has 0 spiro atoms. The van der Waals surface area contributed by atoms with E-state index in [1.807, 2.05) is 18.3 Å². The van der Waals surface area contributed by atoms with Crippen molar-refractivity contribution < 1.29 is 0 Å². The molecule has 0 unspecified atom stereocenters. The number of aryl methyl sites for hydroxylation is 2. The van der Waals surface area contributed by atoms with Crippen molar-refractivity contribution in [3.63, 3.8) is 0 Å². The van der Waals surface area contributed by atoms with Crippen molar-refractivity contribution in [2.24, 2.45) is 0 Å². The molecule has 0 bridgehead atoms. The van der Waals surface area contributed by atoms with Gasteiger partial charge in [0.2, 0.25) is 0 Å². The molecule has 1 aromatic carbocycles. The van der Waals surface area contributed by atoms with Gasteiger partial charge in [-0.05, 0) is 61.5 Å². The Morgan fingerprint density at radius 3 is 2.54 bits per heavy atom. The molecule has 0 radical (unpaired) electrons. The quantitative estimate of drug-likeness (QED) is 0.867. The Balaban J connectivity index is 1.50. The van der Waals surface area contributed by atoms with Crippen LogP contribution in [0.25, 0.3) is 0 Å². The van der Waals surface area contributed by atoms with Crippen LogP contribution in [0.15, 0.2) is 42.6 Å². The summed E-state index contributed by atoms with van der Waals surface area (Å²) in [6.07, 6.45) is 1.86. The van der Waals surface area contributed by atoms with E-state index in [1.165, 1.54) is 11.1 Å². The molecule has 126 valence electrons. The van der Waals surface area contributed by atoms with Gasteiger partial charge in [0.15, 0.2) is 5.11 Å². The molecule has 24 heavy (non-hydrogen) atoms. The minimum absolute atomic E-state index is 0.815. The number of benzene rings is 1. The van der Waals surface area contributed by atoms with E-state index in [-0.39, 0.29) is 0 Å². The van der Waals surface area contributed by atoms with Crippen LogP contribution in [0.2, 0.25) is 0 Å². The number of hydrogen-bond acceptors (Lipinski definition) is 3. The number of hydrogen-bond donors (Lipinski definition) is 1. The van der Waals surface area contributed by atoms with E-state index in [4.69, 9.17) is 12.2 Å². The Morgan fingerprint density at radius 2 is 1.88 bits per heavy atom. The summed E-state index contributed by atoms with van der Waals surface area (Å²) in [5, 5.41) is 4.19. The molecule has 0 aliphatic carbocycles. The van der Waals surface area contributed by atoms with E-state index < -0.39 is 0 Å². The molecule has 1 aliphatic heterocycles. The summed E-state index contributed by atoms with van der Waals surface area (Å²) in [6, 6.07) is 12.5. The number of thiocarbonyl (C=S) groups is 1. The molecule has 1 aromatic heterocycles. The highest BCUT2D eigenvalue weighted by Crippen LogP contribution is 2.15. The van der Waals surface area contributed by atoms with E-state index >= 15 is 0 Å². The lowest BCUT2D eigenvalue weighted by atomic mass is 10.1. The van der Waals surface area contributed by atoms with Gasteiger partial charge in [-0.15, -0.1) is 0 Å². The van der Waals surface area contributed by atoms with Crippen molar-refractivity contribution in [3.8, 4) is 0 Å². The number of nitrogens with one attached hydrogen (secondary N) is 1. The summed E-state index contributed by atoms with van der Waals surface area (Å²) in [5.74, 6) is 0. The summed E-state index contributed by atoms with van der Waals surface area (Å²) < 4.78 is 0. The zero-order valence-electron chi connectivity index (χ0n) is 14.3. The second-order valence-electron chi connectivity index (χ2n) is 6.31. The molecule has 2 heterocycles. The van der Waals surface area contributed by atoms with Gasteiger partial charge in [0.05, 0.1) is 5.69 Å². The number of anilines is 1. The van der Waals surface area contributed by atoms with Gasteiger partial charge in [0, 0.05) is 44.6 Å². The summed E-state index contributed by atoms with van der Waals surface area (Å²) in [6.45, 7) is 9.06. The van der Waals surface area contributed by atoms with Gasteiger partial charge in [-0.3, -0.25) is 9.88 Å². The number of rotatable bonds is 3. The topological polar surface area (TPSA) is 31.4 Å². The zero-order valence-corrected chi connectivity index (χ0v) is 15.1. The Bertz CT molecular complexity index is 694. The third kappa shape index (κ3) is 4.30. The molecule has 3 rings (SSSR count). The molecule has 5 heteroatoms. The van der Waals surface area contributed by atoms with Crippen LogP contribution in [-0.2, 0) is 6.54 Å². The maximum absolute atomic E-state index is 5.58. The van der Waals surface area contributed by atoms with E-state index in [9.17, 15) is 0 Å². The smallest absolute Gasteiger partial charge is 0.173 e. The average Bonchev–Trinajstić information content (AvgIpc) is 2.60. The predicted octanol–water partition coefficient (Wildman–Crippen LogP) is 3.21. The Morgan fingerprint density at radius 1 is 1.08 bits per heavy atom. The standard InChI is InChI=1S/C19H24N4S/c1-15-6-7-17(13-16(15)2)21-19(24)23-11-9-22(10-12-23)14-18-5-3-4-8-20-18/h3-8,13H,9-12,14H2,1-2H3,(H,21,24). The first-order valence-corrected chi connectivity index (χ1v) is 8.78. The lowest BCUT2D eigenvalue weighted by Gasteiger charge is -2.36. The summed E-state index contributed by atoms with van der Waals surface area (Å²) in [4.78, 5) is 9.08. The highest BCUT2D eigenvalue weighted by Gasteiger charge is 2.19. The van der Waals surface area contributed by atoms with E-state index in [0.717, 1.165) is 49.2 Å². The van der Waals surface area contributed by atoms with E-state index in [2.05, 4.69) is 58.2 Å². The molecule has 1 N–H and O–H groups in total. The lowest BCUT2D eigenvalue weighted by molar-refractivity contribution is 0.175. The van der Waals surface area contributed by atoms with Crippen LogP contribution >= 0.6 is 12.2 Å². The Kier molecular flexibility index (Phi) is 5.43. The molecule has 1 aliphatic rings. The van der Waals surface area contributed by atoms with Crippen LogP contribution in [-0.4, -0.2) is 46.1 Å². The third-order valence-corrected chi connectivity index (χ3v) is 4.89. The third-order valence-electron chi connectivity index (χ3n) is 4.53. The minimum Gasteiger partial charge on any atom is -0.346 e. The second kappa shape index (κ2) is 7.73. The van der Waals surface area contributed by atoms with Crippen molar-refractivity contribution in [1.82, 2.24) is 14.8 Å². The largest absolute Gasteiger partial charge is 0.346 e. The monoisotopic (exact) mass is 340 g/mol. The first-order valence-electron chi connectivity index (χ1n) is 8.37. The van der Waals surface area contributed by atoms with Crippen molar-refractivity contribution in [2.45, 2.75) is 20.4 Å². The van der Waals surface area contributed by atoms with Gasteiger partial charge in [-0.25, -0.2) is 0 Å². The number of piperazine rings is 1. The lowest BCUT2D eigenvalue weighted by Crippen LogP contribution is -2.49. The molecular formula is C19H24N4S. The minimum atomic E-state index is 0.815. The average molecular weight is 340 g/mol. The van der Waals surface area contributed by atoms with Gasteiger partial charge >= 0.3 is 0 Å². The van der Waals surface area contributed by atoms with E-state index in [1.54, 1.807) is 0 Å². The Hall–Kier alpha value is -1.98. The highest BCUT2D eigenvalue weighted by atomic mass is 32.1. The normalized spacial score (nSPS) is 15.3. The molecule has 0 atom stereocenters. The van der Waals surface area contributed by atoms with Crippen molar-refractivity contribution in [2.75, 3.05) is 31.5 Å². The van der Waals surface area contributed by atoms with Gasteiger partial charge in [-0.2, -0.15) is 0 Å². The molecule has 0 amide bonds. The van der Waals surface area contributed by atoms with Crippen molar-refractivity contribution in [1.29, 1.82) is 0 Å². The number of pyridine rings is 1. The molecule has 0 saturated carbocycles. The van der Waals surface area contributed by atoms with Crippen LogP contribution in [0.4, 0.5) is 5.69 Å². The highest BCUT2D eigenvalue weighted by molar-refractivity contribution is 7.80. The van der Waals surface area contributed by atoms with E-state index in [0.29, 0.717) is 0 Å². The number of nitrogens with zero attached hydrogens (tertiary/aromatic N) is 3. The fraction of sp³-hybridized carbons (Fsp3) is 0.368. The van der Waals surface area contributed by atoms with Crippen molar-refractivity contribution >= 4 is 23.0 Å². The molecule has 4 nitrogen and oxygen atoms in total. The van der Waals surface area contributed by atoms with Crippen molar-refractivity contribution in [3.05, 3.63) is 59.4 Å².